The molecule has 1 amide bonds. The smallest absolute Gasteiger partial charge is 0.327 e. The SMILES string of the molecule is CCCC1CCC(COC(=O)C(C)(C(=O)NS)c2ccccn2)CC1. The zero-order valence-corrected chi connectivity index (χ0v) is 15.9. The molecule has 25 heavy (non-hydrogen) atoms. The van der Waals surface area contributed by atoms with E-state index in [-0.39, 0.29) is 0 Å². The van der Waals surface area contributed by atoms with Crippen LogP contribution in [-0.2, 0) is 19.7 Å². The summed E-state index contributed by atoms with van der Waals surface area (Å²) in [5.41, 5.74) is -1.14. The van der Waals surface area contributed by atoms with E-state index in [0.29, 0.717) is 18.2 Å². The molecule has 1 aromatic heterocycles. The number of carbonyl (C=O) groups excluding carboxylic acids is 2. The normalized spacial score (nSPS) is 22.7. The Bertz CT molecular complexity index is 573. The fraction of sp³-hybridized carbons (Fsp3) is 0.632. The third-order valence-electron chi connectivity index (χ3n) is 5.25. The highest BCUT2D eigenvalue weighted by Gasteiger charge is 2.46. The van der Waals surface area contributed by atoms with Crippen molar-refractivity contribution < 1.29 is 14.3 Å². The van der Waals surface area contributed by atoms with Crippen molar-refractivity contribution in [1.82, 2.24) is 9.71 Å². The Morgan fingerprint density at radius 1 is 1.28 bits per heavy atom. The first kappa shape index (κ1) is 19.8. The van der Waals surface area contributed by atoms with Crippen molar-refractivity contribution in [2.24, 2.45) is 11.8 Å². The van der Waals surface area contributed by atoms with E-state index in [1.54, 1.807) is 24.4 Å². The van der Waals surface area contributed by atoms with Gasteiger partial charge in [0.25, 0.3) is 5.91 Å². The number of amides is 1. The van der Waals surface area contributed by atoms with Crippen molar-refractivity contribution >= 4 is 24.7 Å². The number of hydrogen-bond donors (Lipinski definition) is 2. The number of esters is 1. The van der Waals surface area contributed by atoms with Gasteiger partial charge < -0.3 is 9.46 Å². The van der Waals surface area contributed by atoms with Crippen LogP contribution in [-0.4, -0.2) is 23.5 Å². The number of nitrogens with zero attached hydrogens (tertiary/aromatic N) is 1. The van der Waals surface area contributed by atoms with Crippen LogP contribution in [0.4, 0.5) is 0 Å². The molecule has 0 aromatic carbocycles. The second-order valence-electron chi connectivity index (χ2n) is 7.05. The van der Waals surface area contributed by atoms with Gasteiger partial charge >= 0.3 is 5.97 Å². The van der Waals surface area contributed by atoms with Gasteiger partial charge in [-0.15, -0.1) is 0 Å². The van der Waals surface area contributed by atoms with E-state index < -0.39 is 17.3 Å². The monoisotopic (exact) mass is 364 g/mol. The minimum atomic E-state index is -1.50. The van der Waals surface area contributed by atoms with E-state index in [4.69, 9.17) is 4.74 Å². The van der Waals surface area contributed by atoms with Gasteiger partial charge in [-0.1, -0.05) is 51.5 Å². The first-order valence-corrected chi connectivity index (χ1v) is 9.50. The molecule has 2 rings (SSSR count). The molecule has 1 aliphatic carbocycles. The van der Waals surface area contributed by atoms with Gasteiger partial charge in [0.15, 0.2) is 5.41 Å². The van der Waals surface area contributed by atoms with Gasteiger partial charge in [-0.05, 0) is 43.7 Å². The van der Waals surface area contributed by atoms with Gasteiger partial charge in [-0.25, -0.2) is 0 Å². The molecule has 1 aromatic rings. The predicted molar refractivity (Wildman–Crippen MR) is 100 cm³/mol. The van der Waals surface area contributed by atoms with Crippen molar-refractivity contribution in [3.63, 3.8) is 0 Å². The third-order valence-corrected chi connectivity index (χ3v) is 5.46. The summed E-state index contributed by atoms with van der Waals surface area (Å²) in [6.07, 6.45) is 8.63. The highest BCUT2D eigenvalue weighted by Crippen LogP contribution is 2.32. The fourth-order valence-corrected chi connectivity index (χ4v) is 3.74. The molecule has 1 fully saturated rings. The van der Waals surface area contributed by atoms with Crippen LogP contribution in [0.1, 0.15) is 58.1 Å². The van der Waals surface area contributed by atoms with Gasteiger partial charge in [0.1, 0.15) is 0 Å². The van der Waals surface area contributed by atoms with Crippen LogP contribution >= 0.6 is 12.8 Å². The van der Waals surface area contributed by atoms with Crippen LogP contribution < -0.4 is 4.72 Å². The van der Waals surface area contributed by atoms with Crippen molar-refractivity contribution in [3.8, 4) is 0 Å². The van der Waals surface area contributed by atoms with Crippen molar-refractivity contribution in [2.45, 2.75) is 57.8 Å². The summed E-state index contributed by atoms with van der Waals surface area (Å²) in [5.74, 6) is 0.0782. The summed E-state index contributed by atoms with van der Waals surface area (Å²) < 4.78 is 7.80. The lowest BCUT2D eigenvalue weighted by Gasteiger charge is -2.30. The van der Waals surface area contributed by atoms with E-state index in [0.717, 1.165) is 18.8 Å². The van der Waals surface area contributed by atoms with E-state index in [2.05, 4.69) is 29.4 Å². The molecule has 1 aliphatic rings. The largest absolute Gasteiger partial charge is 0.464 e. The van der Waals surface area contributed by atoms with Crippen LogP contribution in [0.2, 0.25) is 0 Å². The van der Waals surface area contributed by atoms with Crippen molar-refractivity contribution in [2.75, 3.05) is 6.61 Å². The third kappa shape index (κ3) is 4.75. The molecule has 1 heterocycles. The maximum atomic E-state index is 12.7. The van der Waals surface area contributed by atoms with Gasteiger partial charge in [0.05, 0.1) is 12.3 Å². The highest BCUT2D eigenvalue weighted by molar-refractivity contribution is 7.78. The second-order valence-corrected chi connectivity index (χ2v) is 7.28. The average Bonchev–Trinajstić information content (AvgIpc) is 2.66. The van der Waals surface area contributed by atoms with Gasteiger partial charge in [0.2, 0.25) is 0 Å². The molecule has 0 saturated heterocycles. The number of aromatic nitrogens is 1. The molecular weight excluding hydrogens is 336 g/mol. The number of nitrogens with one attached hydrogen (secondary N) is 1. The molecule has 1 atom stereocenters. The predicted octanol–water partition coefficient (Wildman–Crippen LogP) is 3.45. The number of thiol groups is 1. The zero-order valence-electron chi connectivity index (χ0n) is 15.0. The van der Waals surface area contributed by atoms with Crippen LogP contribution in [0.5, 0.6) is 0 Å². The van der Waals surface area contributed by atoms with Gasteiger partial charge in [-0.2, -0.15) is 0 Å². The molecule has 5 nitrogen and oxygen atoms in total. The number of hydrogen-bond acceptors (Lipinski definition) is 5. The molecular formula is C19H28N2O3S. The van der Waals surface area contributed by atoms with Crippen molar-refractivity contribution in [1.29, 1.82) is 0 Å². The number of carbonyl (C=O) groups is 2. The molecule has 0 radical (unpaired) electrons. The minimum absolute atomic E-state index is 0.359. The fourth-order valence-electron chi connectivity index (χ4n) is 3.52. The lowest BCUT2D eigenvalue weighted by atomic mass is 9.80. The van der Waals surface area contributed by atoms with E-state index in [9.17, 15) is 9.59 Å². The summed E-state index contributed by atoms with van der Waals surface area (Å²) in [6.45, 7) is 4.11. The number of pyridine rings is 1. The maximum absolute atomic E-state index is 12.7. The Morgan fingerprint density at radius 3 is 2.52 bits per heavy atom. The topological polar surface area (TPSA) is 68.3 Å². The summed E-state index contributed by atoms with van der Waals surface area (Å²) >= 11 is 3.82. The van der Waals surface area contributed by atoms with Crippen LogP contribution in [0.15, 0.2) is 24.4 Å². The summed E-state index contributed by atoms with van der Waals surface area (Å²) in [7, 11) is 0. The molecule has 1 N–H and O–H groups in total. The lowest BCUT2D eigenvalue weighted by molar-refractivity contribution is -0.155. The number of rotatable bonds is 7. The molecule has 138 valence electrons. The average molecular weight is 365 g/mol. The Hall–Kier alpha value is -1.56. The first-order chi connectivity index (χ1) is 12.0. The van der Waals surface area contributed by atoms with Crippen LogP contribution in [0.25, 0.3) is 0 Å². The Morgan fingerprint density at radius 2 is 1.96 bits per heavy atom. The Kier molecular flexibility index (Phi) is 7.29. The van der Waals surface area contributed by atoms with Crippen LogP contribution in [0, 0.1) is 11.8 Å². The summed E-state index contributed by atoms with van der Waals surface area (Å²) in [5, 5.41) is 0. The van der Waals surface area contributed by atoms with Crippen LogP contribution in [0.3, 0.4) is 0 Å². The van der Waals surface area contributed by atoms with E-state index in [1.807, 2.05) is 0 Å². The summed E-state index contributed by atoms with van der Waals surface area (Å²) in [4.78, 5) is 29.2. The molecule has 1 saturated carbocycles. The van der Waals surface area contributed by atoms with Crippen molar-refractivity contribution in [3.05, 3.63) is 30.1 Å². The highest BCUT2D eigenvalue weighted by atomic mass is 32.1. The zero-order chi connectivity index (χ0) is 18.3. The molecule has 6 heteroatoms. The van der Waals surface area contributed by atoms with E-state index >= 15 is 0 Å². The second kappa shape index (κ2) is 9.22. The Balaban J connectivity index is 1.98. The maximum Gasteiger partial charge on any atom is 0.327 e. The Labute approximate surface area is 155 Å². The lowest BCUT2D eigenvalue weighted by Crippen LogP contribution is -2.47. The van der Waals surface area contributed by atoms with E-state index in [1.165, 1.54) is 32.6 Å². The standard InChI is InChI=1S/C19H28N2O3S/c1-3-6-14-8-10-15(11-9-14)13-24-18(23)19(2,17(22)21-25)16-7-4-5-12-20-16/h4-5,7,12,14-15,25H,3,6,8-11,13H2,1-2H3,(H,21,22). The number of ether oxygens (including phenoxy) is 1. The first-order valence-electron chi connectivity index (χ1n) is 9.05. The van der Waals surface area contributed by atoms with Gasteiger partial charge in [-0.3, -0.25) is 14.6 Å². The molecule has 0 spiro atoms. The molecule has 0 aliphatic heterocycles. The summed E-state index contributed by atoms with van der Waals surface area (Å²) in [6, 6.07) is 5.14. The molecule has 1 unspecified atom stereocenters. The minimum Gasteiger partial charge on any atom is -0.464 e. The molecule has 0 bridgehead atoms. The quantitative estimate of drug-likeness (QED) is 0.442. The van der Waals surface area contributed by atoms with Gasteiger partial charge in [0, 0.05) is 6.20 Å².